The van der Waals surface area contributed by atoms with E-state index in [1.165, 1.54) is 32.1 Å². The van der Waals surface area contributed by atoms with Gasteiger partial charge in [-0.05, 0) is 25.2 Å². The summed E-state index contributed by atoms with van der Waals surface area (Å²) in [7, 11) is 0. The lowest BCUT2D eigenvalue weighted by molar-refractivity contribution is 0.294. The molecule has 0 saturated carbocycles. The van der Waals surface area contributed by atoms with Crippen LogP contribution >= 0.6 is 0 Å². The van der Waals surface area contributed by atoms with E-state index in [0.717, 1.165) is 11.8 Å². The second kappa shape index (κ2) is 8.34. The van der Waals surface area contributed by atoms with Crippen LogP contribution in [0, 0.1) is 11.8 Å². The fourth-order valence-corrected chi connectivity index (χ4v) is 2.15. The number of hydrogen-bond donors (Lipinski definition) is 0. The van der Waals surface area contributed by atoms with Crippen LogP contribution in [0.5, 0.6) is 0 Å². The summed E-state index contributed by atoms with van der Waals surface area (Å²) in [5, 5.41) is 0. The Morgan fingerprint density at radius 1 is 1.00 bits per heavy atom. The highest BCUT2D eigenvalue weighted by atomic mass is 14.2. The van der Waals surface area contributed by atoms with Crippen molar-refractivity contribution in [1.29, 1.82) is 0 Å². The molecule has 0 aliphatic rings. The minimum atomic E-state index is 0.918. The van der Waals surface area contributed by atoms with Crippen molar-refractivity contribution in [2.45, 2.75) is 59.8 Å². The zero-order valence-corrected chi connectivity index (χ0v) is 9.84. The fraction of sp³-hybridized carbons (Fsp3) is 0.846. The van der Waals surface area contributed by atoms with Crippen molar-refractivity contribution in [3.05, 3.63) is 12.2 Å². The van der Waals surface area contributed by atoms with Crippen LogP contribution in [0.15, 0.2) is 12.2 Å². The average Bonchev–Trinajstić information content (AvgIpc) is 2.17. The van der Waals surface area contributed by atoms with Gasteiger partial charge in [0.2, 0.25) is 0 Å². The van der Waals surface area contributed by atoms with E-state index in [0.29, 0.717) is 0 Å². The maximum absolute atomic E-state index is 2.33. The predicted octanol–water partition coefficient (Wildman–Crippen LogP) is 4.81. The first kappa shape index (κ1) is 12.7. The van der Waals surface area contributed by atoms with Crippen LogP contribution < -0.4 is 0 Å². The number of allylic oxidation sites excluding steroid dienone is 2. The van der Waals surface area contributed by atoms with Gasteiger partial charge in [-0.1, -0.05) is 58.6 Å². The second-order valence-electron chi connectivity index (χ2n) is 3.93. The SMILES string of the molecule is CC=CCC(CC)C(CC)CCC. The largest absolute Gasteiger partial charge is 0.0917 e. The van der Waals surface area contributed by atoms with Crippen LogP contribution in [0.2, 0.25) is 0 Å². The summed E-state index contributed by atoms with van der Waals surface area (Å²) in [6.07, 6.45) is 11.2. The standard InChI is InChI=1S/C13H26/c1-5-9-11-13(8-4)12(7-3)10-6-2/h5,9,12-13H,6-8,10-11H2,1-4H3. The Hall–Kier alpha value is -0.260. The van der Waals surface area contributed by atoms with Crippen molar-refractivity contribution in [1.82, 2.24) is 0 Å². The predicted molar refractivity (Wildman–Crippen MR) is 61.9 cm³/mol. The third kappa shape index (κ3) is 5.13. The van der Waals surface area contributed by atoms with Crippen LogP contribution in [0.1, 0.15) is 59.8 Å². The van der Waals surface area contributed by atoms with Crippen LogP contribution in [0.4, 0.5) is 0 Å². The van der Waals surface area contributed by atoms with Crippen molar-refractivity contribution >= 4 is 0 Å². The summed E-state index contributed by atoms with van der Waals surface area (Å²) in [6.45, 7) is 9.07. The monoisotopic (exact) mass is 182 g/mol. The molecule has 0 aromatic heterocycles. The molecule has 0 radical (unpaired) electrons. The molecule has 0 amide bonds. The highest BCUT2D eigenvalue weighted by Gasteiger charge is 2.15. The molecule has 0 aromatic carbocycles. The Bertz CT molecular complexity index is 124. The van der Waals surface area contributed by atoms with E-state index in [9.17, 15) is 0 Å². The van der Waals surface area contributed by atoms with Gasteiger partial charge < -0.3 is 0 Å². The van der Waals surface area contributed by atoms with E-state index < -0.39 is 0 Å². The highest BCUT2D eigenvalue weighted by molar-refractivity contribution is 4.82. The van der Waals surface area contributed by atoms with E-state index in [-0.39, 0.29) is 0 Å². The molecule has 0 heteroatoms. The van der Waals surface area contributed by atoms with Gasteiger partial charge in [-0.15, -0.1) is 0 Å². The van der Waals surface area contributed by atoms with E-state index in [2.05, 4.69) is 39.8 Å². The first-order valence-electron chi connectivity index (χ1n) is 5.91. The molecule has 0 saturated heterocycles. The zero-order chi connectivity index (χ0) is 10.1. The number of hydrogen-bond acceptors (Lipinski definition) is 0. The van der Waals surface area contributed by atoms with Gasteiger partial charge in [0, 0.05) is 0 Å². The molecule has 0 aliphatic heterocycles. The van der Waals surface area contributed by atoms with Gasteiger partial charge in [0.25, 0.3) is 0 Å². The third-order valence-electron chi connectivity index (χ3n) is 3.05. The molecule has 0 aromatic rings. The maximum Gasteiger partial charge on any atom is -0.0320 e. The Labute approximate surface area is 84.4 Å². The van der Waals surface area contributed by atoms with E-state index in [1.807, 2.05) is 0 Å². The van der Waals surface area contributed by atoms with Crippen LogP contribution in [-0.4, -0.2) is 0 Å². The second-order valence-corrected chi connectivity index (χ2v) is 3.93. The molecule has 0 nitrogen and oxygen atoms in total. The summed E-state index contributed by atoms with van der Waals surface area (Å²) in [5.74, 6) is 1.87. The molecule has 0 spiro atoms. The molecule has 0 heterocycles. The van der Waals surface area contributed by atoms with Gasteiger partial charge >= 0.3 is 0 Å². The summed E-state index contributed by atoms with van der Waals surface area (Å²) in [4.78, 5) is 0. The summed E-state index contributed by atoms with van der Waals surface area (Å²) >= 11 is 0. The molecule has 2 atom stereocenters. The molecule has 2 unspecified atom stereocenters. The minimum Gasteiger partial charge on any atom is -0.0917 e. The average molecular weight is 182 g/mol. The Balaban J connectivity index is 3.99. The lowest BCUT2D eigenvalue weighted by Gasteiger charge is -2.23. The summed E-state index contributed by atoms with van der Waals surface area (Å²) in [6, 6.07) is 0. The quantitative estimate of drug-likeness (QED) is 0.496. The van der Waals surface area contributed by atoms with Gasteiger partial charge in [-0.25, -0.2) is 0 Å². The zero-order valence-electron chi connectivity index (χ0n) is 9.84. The third-order valence-corrected chi connectivity index (χ3v) is 3.05. The first-order valence-corrected chi connectivity index (χ1v) is 5.91. The molecule has 0 bridgehead atoms. The van der Waals surface area contributed by atoms with E-state index in [1.54, 1.807) is 0 Å². The summed E-state index contributed by atoms with van der Waals surface area (Å²) < 4.78 is 0. The van der Waals surface area contributed by atoms with Crippen molar-refractivity contribution < 1.29 is 0 Å². The molecule has 13 heavy (non-hydrogen) atoms. The molecular formula is C13H26. The van der Waals surface area contributed by atoms with Gasteiger partial charge in [0.15, 0.2) is 0 Å². The summed E-state index contributed by atoms with van der Waals surface area (Å²) in [5.41, 5.74) is 0. The lowest BCUT2D eigenvalue weighted by Crippen LogP contribution is -2.12. The van der Waals surface area contributed by atoms with Crippen LogP contribution in [0.25, 0.3) is 0 Å². The van der Waals surface area contributed by atoms with Crippen molar-refractivity contribution in [2.24, 2.45) is 11.8 Å². The van der Waals surface area contributed by atoms with Gasteiger partial charge in [-0.2, -0.15) is 0 Å². The van der Waals surface area contributed by atoms with Crippen molar-refractivity contribution in [2.75, 3.05) is 0 Å². The normalized spacial score (nSPS) is 16.3. The Kier molecular flexibility index (Phi) is 8.18. The van der Waals surface area contributed by atoms with Gasteiger partial charge in [0.05, 0.1) is 0 Å². The molecule has 0 N–H and O–H groups in total. The lowest BCUT2D eigenvalue weighted by atomic mass is 9.82. The van der Waals surface area contributed by atoms with Gasteiger partial charge in [0.1, 0.15) is 0 Å². The first-order chi connectivity index (χ1) is 6.29. The molecule has 0 rings (SSSR count). The van der Waals surface area contributed by atoms with Gasteiger partial charge in [-0.3, -0.25) is 0 Å². The van der Waals surface area contributed by atoms with Crippen molar-refractivity contribution in [3.8, 4) is 0 Å². The molecule has 78 valence electrons. The Morgan fingerprint density at radius 3 is 2.00 bits per heavy atom. The van der Waals surface area contributed by atoms with Crippen molar-refractivity contribution in [3.63, 3.8) is 0 Å². The topological polar surface area (TPSA) is 0 Å². The van der Waals surface area contributed by atoms with Crippen LogP contribution in [-0.2, 0) is 0 Å². The Morgan fingerprint density at radius 2 is 1.62 bits per heavy atom. The smallest absolute Gasteiger partial charge is 0.0320 e. The van der Waals surface area contributed by atoms with E-state index >= 15 is 0 Å². The fourth-order valence-electron chi connectivity index (χ4n) is 2.15. The molecular weight excluding hydrogens is 156 g/mol. The number of rotatable bonds is 7. The van der Waals surface area contributed by atoms with E-state index in [4.69, 9.17) is 0 Å². The minimum absolute atomic E-state index is 0.918. The molecule has 0 fully saturated rings. The maximum atomic E-state index is 2.33. The highest BCUT2D eigenvalue weighted by Crippen LogP contribution is 2.27. The molecule has 0 aliphatic carbocycles. The van der Waals surface area contributed by atoms with Crippen LogP contribution in [0.3, 0.4) is 0 Å².